The Bertz CT molecular complexity index is 1050. The number of benzene rings is 1. The van der Waals surface area contributed by atoms with Gasteiger partial charge in [0.15, 0.2) is 5.78 Å². The SMILES string of the molecule is CC(C)C(=O)c1cccc2c1CN(C(=O)C[C@@H]1C[C@@H](C(=O)N3CC(C)(F)C[C@H]3C=O)NC1=O)C2. The molecule has 0 aliphatic carbocycles. The normalized spacial score (nSPS) is 28.3. The Labute approximate surface area is 197 Å². The molecule has 1 unspecified atom stereocenters. The van der Waals surface area contributed by atoms with Gasteiger partial charge in [-0.25, -0.2) is 4.39 Å². The summed E-state index contributed by atoms with van der Waals surface area (Å²) in [6, 6.07) is 3.76. The minimum atomic E-state index is -1.65. The van der Waals surface area contributed by atoms with Crippen LogP contribution in [-0.4, -0.2) is 63.9 Å². The van der Waals surface area contributed by atoms with Gasteiger partial charge in [-0.05, 0) is 24.5 Å². The maximum atomic E-state index is 14.4. The summed E-state index contributed by atoms with van der Waals surface area (Å²) in [6.45, 7) is 5.50. The lowest BCUT2D eigenvalue weighted by atomic mass is 9.94. The minimum Gasteiger partial charge on any atom is -0.344 e. The lowest BCUT2D eigenvalue weighted by molar-refractivity contribution is -0.137. The van der Waals surface area contributed by atoms with E-state index in [0.29, 0.717) is 24.9 Å². The molecule has 2 saturated heterocycles. The molecule has 0 radical (unpaired) electrons. The van der Waals surface area contributed by atoms with Crippen LogP contribution in [0.4, 0.5) is 4.39 Å². The van der Waals surface area contributed by atoms with Gasteiger partial charge in [0.2, 0.25) is 17.7 Å². The Hall–Kier alpha value is -3.10. The van der Waals surface area contributed by atoms with Gasteiger partial charge in [-0.3, -0.25) is 19.2 Å². The first-order chi connectivity index (χ1) is 16.0. The fourth-order valence-corrected chi connectivity index (χ4v) is 5.20. The molecule has 2 fully saturated rings. The highest BCUT2D eigenvalue weighted by molar-refractivity contribution is 5.99. The lowest BCUT2D eigenvalue weighted by Gasteiger charge is -2.24. The zero-order chi connectivity index (χ0) is 24.8. The van der Waals surface area contributed by atoms with Crippen molar-refractivity contribution in [3.05, 3.63) is 34.9 Å². The molecule has 3 amide bonds. The largest absolute Gasteiger partial charge is 0.344 e. The maximum absolute atomic E-state index is 14.4. The summed E-state index contributed by atoms with van der Waals surface area (Å²) in [4.78, 5) is 65.1. The summed E-state index contributed by atoms with van der Waals surface area (Å²) in [6.07, 6.45) is 0.548. The van der Waals surface area contributed by atoms with Crippen LogP contribution < -0.4 is 5.32 Å². The Morgan fingerprint density at radius 2 is 2.00 bits per heavy atom. The number of alkyl halides is 1. The van der Waals surface area contributed by atoms with Crippen LogP contribution in [-0.2, 0) is 32.3 Å². The third-order valence-corrected chi connectivity index (χ3v) is 7.03. The molecule has 8 nitrogen and oxygen atoms in total. The van der Waals surface area contributed by atoms with Gasteiger partial charge in [-0.15, -0.1) is 0 Å². The van der Waals surface area contributed by atoms with Crippen LogP contribution in [0, 0.1) is 11.8 Å². The summed E-state index contributed by atoms with van der Waals surface area (Å²) in [5.74, 6) is -1.93. The van der Waals surface area contributed by atoms with Gasteiger partial charge in [0, 0.05) is 43.3 Å². The van der Waals surface area contributed by atoms with Gasteiger partial charge in [-0.1, -0.05) is 32.0 Å². The monoisotopic (exact) mass is 471 g/mol. The lowest BCUT2D eigenvalue weighted by Crippen LogP contribution is -2.47. The number of nitrogens with zero attached hydrogens (tertiary/aromatic N) is 2. The maximum Gasteiger partial charge on any atom is 0.245 e. The molecule has 1 N–H and O–H groups in total. The number of carbonyl (C=O) groups excluding carboxylic acids is 5. The average Bonchev–Trinajstić information content (AvgIpc) is 3.47. The molecule has 0 saturated carbocycles. The second-order valence-corrected chi connectivity index (χ2v) is 10.2. The number of halogens is 1. The van der Waals surface area contributed by atoms with Crippen molar-refractivity contribution in [2.75, 3.05) is 6.54 Å². The topological polar surface area (TPSA) is 104 Å². The third-order valence-electron chi connectivity index (χ3n) is 7.03. The van der Waals surface area contributed by atoms with Crippen molar-refractivity contribution < 1.29 is 28.4 Å². The Morgan fingerprint density at radius 3 is 2.68 bits per heavy atom. The van der Waals surface area contributed by atoms with Crippen LogP contribution in [0.25, 0.3) is 0 Å². The van der Waals surface area contributed by atoms with E-state index < -0.39 is 35.5 Å². The molecule has 0 aromatic heterocycles. The molecule has 0 bridgehead atoms. The molecular formula is C25H30FN3O5. The van der Waals surface area contributed by atoms with Gasteiger partial charge in [0.1, 0.15) is 18.0 Å². The highest BCUT2D eigenvalue weighted by atomic mass is 19.1. The average molecular weight is 472 g/mol. The summed E-state index contributed by atoms with van der Waals surface area (Å²) in [5.41, 5.74) is 0.746. The highest BCUT2D eigenvalue weighted by Crippen LogP contribution is 2.33. The molecule has 1 aromatic rings. The van der Waals surface area contributed by atoms with E-state index >= 15 is 0 Å². The number of fused-ring (bicyclic) bond motifs is 1. The van der Waals surface area contributed by atoms with Gasteiger partial charge in [0.05, 0.1) is 12.6 Å². The Kier molecular flexibility index (Phi) is 6.31. The van der Waals surface area contributed by atoms with Crippen LogP contribution in [0.2, 0.25) is 0 Å². The van der Waals surface area contributed by atoms with E-state index in [1.54, 1.807) is 11.0 Å². The molecule has 0 spiro atoms. The zero-order valence-corrected chi connectivity index (χ0v) is 19.7. The van der Waals surface area contributed by atoms with Crippen LogP contribution in [0.1, 0.15) is 61.5 Å². The second kappa shape index (κ2) is 8.92. The Morgan fingerprint density at radius 1 is 1.26 bits per heavy atom. The van der Waals surface area contributed by atoms with E-state index in [2.05, 4.69) is 5.32 Å². The van der Waals surface area contributed by atoms with Crippen LogP contribution in [0.5, 0.6) is 0 Å². The van der Waals surface area contributed by atoms with Crippen molar-refractivity contribution in [2.45, 2.75) is 70.9 Å². The van der Waals surface area contributed by atoms with Gasteiger partial charge >= 0.3 is 0 Å². The second-order valence-electron chi connectivity index (χ2n) is 10.2. The summed E-state index contributed by atoms with van der Waals surface area (Å²) >= 11 is 0. The van der Waals surface area contributed by atoms with E-state index in [4.69, 9.17) is 0 Å². The summed E-state index contributed by atoms with van der Waals surface area (Å²) in [5, 5.41) is 2.62. The number of ketones is 1. The van der Waals surface area contributed by atoms with E-state index in [9.17, 15) is 28.4 Å². The fourth-order valence-electron chi connectivity index (χ4n) is 5.20. The van der Waals surface area contributed by atoms with Gasteiger partial charge in [-0.2, -0.15) is 0 Å². The van der Waals surface area contributed by atoms with Crippen molar-refractivity contribution in [3.63, 3.8) is 0 Å². The van der Waals surface area contributed by atoms with Crippen molar-refractivity contribution >= 4 is 29.8 Å². The molecule has 4 rings (SSSR count). The van der Waals surface area contributed by atoms with Crippen LogP contribution in [0.3, 0.4) is 0 Å². The third kappa shape index (κ3) is 4.48. The predicted octanol–water partition coefficient (Wildman–Crippen LogP) is 1.79. The number of likely N-dealkylation sites (tertiary alicyclic amines) is 1. The number of rotatable bonds is 6. The predicted molar refractivity (Wildman–Crippen MR) is 120 cm³/mol. The highest BCUT2D eigenvalue weighted by Gasteiger charge is 2.47. The van der Waals surface area contributed by atoms with E-state index in [1.165, 1.54) is 11.8 Å². The first kappa shape index (κ1) is 24.0. The van der Waals surface area contributed by atoms with Gasteiger partial charge < -0.3 is 19.9 Å². The van der Waals surface area contributed by atoms with Gasteiger partial charge in [0.25, 0.3) is 0 Å². The smallest absolute Gasteiger partial charge is 0.245 e. The molecule has 1 aromatic carbocycles. The fraction of sp³-hybridized carbons (Fsp3) is 0.560. The van der Waals surface area contributed by atoms with Crippen molar-refractivity contribution in [1.82, 2.24) is 15.1 Å². The molecule has 3 aliphatic rings. The van der Waals surface area contributed by atoms with Crippen LogP contribution in [0.15, 0.2) is 18.2 Å². The first-order valence-electron chi connectivity index (χ1n) is 11.7. The number of carbonyl (C=O) groups is 5. The summed E-state index contributed by atoms with van der Waals surface area (Å²) < 4.78 is 14.4. The van der Waals surface area contributed by atoms with E-state index in [0.717, 1.165) is 11.1 Å². The van der Waals surface area contributed by atoms with Crippen molar-refractivity contribution in [1.29, 1.82) is 0 Å². The molecule has 3 aliphatic heterocycles. The standard InChI is InChI=1S/C25H30FN3O5/c1-14(2)22(32)18-6-4-5-15-10-28(11-19(15)18)21(31)8-16-7-20(27-23(16)33)24(34)29-13-25(3,26)9-17(29)12-30/h4-6,12,14,16-17,20H,7-11,13H2,1-3H3,(H,27,33)/t16-,17-,20-,25?/m0/s1. The zero-order valence-electron chi connectivity index (χ0n) is 19.7. The van der Waals surface area contributed by atoms with Crippen molar-refractivity contribution in [3.8, 4) is 0 Å². The first-order valence-corrected chi connectivity index (χ1v) is 11.7. The number of nitrogens with one attached hydrogen (secondary N) is 1. The number of hydrogen-bond acceptors (Lipinski definition) is 5. The minimum absolute atomic E-state index is 0.0302. The number of amides is 3. The van der Waals surface area contributed by atoms with E-state index in [1.807, 2.05) is 26.0 Å². The number of aldehydes is 1. The van der Waals surface area contributed by atoms with E-state index in [-0.39, 0.29) is 43.4 Å². The van der Waals surface area contributed by atoms with Crippen molar-refractivity contribution in [2.24, 2.45) is 11.8 Å². The van der Waals surface area contributed by atoms with Crippen LogP contribution >= 0.6 is 0 Å². The molecular weight excluding hydrogens is 441 g/mol. The molecule has 9 heteroatoms. The number of hydrogen-bond donors (Lipinski definition) is 1. The quantitative estimate of drug-likeness (QED) is 0.503. The molecule has 3 heterocycles. The number of Topliss-reactive ketones (excluding diaryl/α,β-unsaturated/α-hetero) is 1. The summed E-state index contributed by atoms with van der Waals surface area (Å²) in [7, 11) is 0. The molecule has 182 valence electrons. The molecule has 34 heavy (non-hydrogen) atoms. The Balaban J connectivity index is 1.39. The molecule has 4 atom stereocenters.